The third kappa shape index (κ3) is 4.17. The van der Waals surface area contributed by atoms with Crippen molar-refractivity contribution in [2.75, 3.05) is 31.6 Å². The van der Waals surface area contributed by atoms with E-state index in [4.69, 9.17) is 16.3 Å². The second-order valence-electron chi connectivity index (χ2n) is 7.42. The van der Waals surface area contributed by atoms with Gasteiger partial charge in [-0.05, 0) is 24.3 Å². The topological polar surface area (TPSA) is 133 Å². The highest BCUT2D eigenvalue weighted by Crippen LogP contribution is 2.27. The van der Waals surface area contributed by atoms with E-state index in [1.165, 1.54) is 53.4 Å². The van der Waals surface area contributed by atoms with Crippen molar-refractivity contribution in [1.29, 1.82) is 0 Å². The Labute approximate surface area is 193 Å². The fraction of sp³-hybridized carbons (Fsp3) is 0.300. The first kappa shape index (κ1) is 23.1. The van der Waals surface area contributed by atoms with Gasteiger partial charge in [-0.2, -0.15) is 4.31 Å². The van der Waals surface area contributed by atoms with Gasteiger partial charge in [0.2, 0.25) is 10.0 Å². The van der Waals surface area contributed by atoms with Crippen LogP contribution in [0.15, 0.2) is 44.9 Å². The second kappa shape index (κ2) is 8.71. The zero-order chi connectivity index (χ0) is 23.9. The molecule has 1 N–H and O–H groups in total. The molecular formula is C20H20ClN5O6S. The van der Waals surface area contributed by atoms with E-state index in [-0.39, 0.29) is 58.5 Å². The van der Waals surface area contributed by atoms with Gasteiger partial charge in [-0.3, -0.25) is 18.7 Å². The monoisotopic (exact) mass is 493 g/mol. The van der Waals surface area contributed by atoms with E-state index in [9.17, 15) is 22.8 Å². The van der Waals surface area contributed by atoms with Crippen molar-refractivity contribution < 1.29 is 17.9 Å². The van der Waals surface area contributed by atoms with Crippen LogP contribution in [0, 0.1) is 0 Å². The summed E-state index contributed by atoms with van der Waals surface area (Å²) in [6.45, 7) is 0.929. The van der Waals surface area contributed by atoms with Crippen LogP contribution in [0.2, 0.25) is 5.02 Å². The molecule has 1 aliphatic rings. The molecule has 0 atom stereocenters. The smallest absolute Gasteiger partial charge is 0.332 e. The molecule has 1 saturated heterocycles. The summed E-state index contributed by atoms with van der Waals surface area (Å²) >= 11 is 6.15. The Hall–Kier alpha value is -3.06. The highest BCUT2D eigenvalue weighted by molar-refractivity contribution is 7.89. The number of anilines is 1. The lowest BCUT2D eigenvalue weighted by molar-refractivity contribution is 0.0730. The van der Waals surface area contributed by atoms with Crippen LogP contribution in [0.4, 0.5) is 5.69 Å². The quantitative estimate of drug-likeness (QED) is 0.561. The summed E-state index contributed by atoms with van der Waals surface area (Å²) in [6.07, 6.45) is 1.31. The van der Waals surface area contributed by atoms with Crippen molar-refractivity contribution in [1.82, 2.24) is 18.4 Å². The third-order valence-electron chi connectivity index (χ3n) is 5.33. The molecule has 1 amide bonds. The van der Waals surface area contributed by atoms with Crippen LogP contribution in [-0.2, 0) is 28.9 Å². The molecule has 4 rings (SSSR count). The number of sulfonamides is 1. The van der Waals surface area contributed by atoms with Gasteiger partial charge in [0.05, 0.1) is 35.5 Å². The molecular weight excluding hydrogens is 474 g/mol. The van der Waals surface area contributed by atoms with Crippen molar-refractivity contribution in [2.24, 2.45) is 14.1 Å². The number of ether oxygens (including phenoxy) is 1. The summed E-state index contributed by atoms with van der Waals surface area (Å²) in [6, 6.07) is 5.35. The summed E-state index contributed by atoms with van der Waals surface area (Å²) in [5.41, 5.74) is -0.643. The number of nitrogens with one attached hydrogen (secondary N) is 1. The molecule has 0 bridgehead atoms. The van der Waals surface area contributed by atoms with E-state index in [2.05, 4.69) is 10.3 Å². The summed E-state index contributed by atoms with van der Waals surface area (Å²) in [5, 5.41) is 2.74. The van der Waals surface area contributed by atoms with Gasteiger partial charge >= 0.3 is 5.69 Å². The molecule has 11 nitrogen and oxygen atoms in total. The standard InChI is InChI=1S/C20H20ClN5O6S/c1-24-17-14(19(28)25(2)20(24)29)10-13(11-22-17)23-18(27)12-3-4-15(21)16(9-12)33(30,31)26-5-7-32-8-6-26/h3-4,9-11H,5-8H2,1-2H3,(H,23,27). The Morgan fingerprint density at radius 3 is 2.52 bits per heavy atom. The summed E-state index contributed by atoms with van der Waals surface area (Å²) < 4.78 is 34.6. The van der Waals surface area contributed by atoms with E-state index in [1.807, 2.05) is 0 Å². The fourth-order valence-corrected chi connectivity index (χ4v) is 5.41. The lowest BCUT2D eigenvalue weighted by Gasteiger charge is -2.26. The molecule has 1 aromatic carbocycles. The lowest BCUT2D eigenvalue weighted by atomic mass is 10.2. The highest BCUT2D eigenvalue weighted by atomic mass is 35.5. The minimum Gasteiger partial charge on any atom is -0.379 e. The van der Waals surface area contributed by atoms with Crippen molar-refractivity contribution >= 4 is 44.3 Å². The van der Waals surface area contributed by atoms with Gasteiger partial charge < -0.3 is 10.1 Å². The number of pyridine rings is 1. The number of carbonyl (C=O) groups excluding carboxylic acids is 1. The van der Waals surface area contributed by atoms with Gasteiger partial charge in [0.25, 0.3) is 11.5 Å². The largest absolute Gasteiger partial charge is 0.379 e. The van der Waals surface area contributed by atoms with Gasteiger partial charge in [-0.25, -0.2) is 18.2 Å². The number of halogens is 1. The Morgan fingerprint density at radius 2 is 1.82 bits per heavy atom. The van der Waals surface area contributed by atoms with E-state index < -0.39 is 27.2 Å². The van der Waals surface area contributed by atoms with E-state index in [0.29, 0.717) is 0 Å². The Morgan fingerprint density at radius 1 is 1.12 bits per heavy atom. The molecule has 2 aromatic heterocycles. The molecule has 1 fully saturated rings. The molecule has 33 heavy (non-hydrogen) atoms. The lowest BCUT2D eigenvalue weighted by Crippen LogP contribution is -2.40. The van der Waals surface area contributed by atoms with Crippen LogP contribution < -0.4 is 16.6 Å². The molecule has 1 aliphatic heterocycles. The number of fused-ring (bicyclic) bond motifs is 1. The van der Waals surface area contributed by atoms with Gasteiger partial charge in [0, 0.05) is 32.7 Å². The number of aromatic nitrogens is 3. The minimum atomic E-state index is -3.92. The summed E-state index contributed by atoms with van der Waals surface area (Å²) in [7, 11) is -1.08. The van der Waals surface area contributed by atoms with Gasteiger partial charge in [-0.1, -0.05) is 11.6 Å². The van der Waals surface area contributed by atoms with E-state index in [0.717, 1.165) is 4.57 Å². The van der Waals surface area contributed by atoms with Crippen LogP contribution in [0.3, 0.4) is 0 Å². The molecule has 174 valence electrons. The first-order chi connectivity index (χ1) is 15.6. The Bertz CT molecular complexity index is 1490. The first-order valence-electron chi connectivity index (χ1n) is 9.86. The number of hydrogen-bond donors (Lipinski definition) is 1. The van der Waals surface area contributed by atoms with Crippen LogP contribution in [0.25, 0.3) is 11.0 Å². The maximum atomic E-state index is 13.0. The molecule has 0 saturated carbocycles. The number of rotatable bonds is 4. The van der Waals surface area contributed by atoms with Gasteiger partial charge in [0.15, 0.2) is 0 Å². The highest BCUT2D eigenvalue weighted by Gasteiger charge is 2.29. The van der Waals surface area contributed by atoms with E-state index >= 15 is 0 Å². The molecule has 0 aliphatic carbocycles. The number of benzene rings is 1. The molecule has 0 radical (unpaired) electrons. The average Bonchev–Trinajstić information content (AvgIpc) is 2.82. The van der Waals surface area contributed by atoms with Crippen molar-refractivity contribution in [3.63, 3.8) is 0 Å². The van der Waals surface area contributed by atoms with Crippen molar-refractivity contribution in [2.45, 2.75) is 4.90 Å². The Balaban J connectivity index is 1.67. The summed E-state index contributed by atoms with van der Waals surface area (Å²) in [4.78, 5) is 41.3. The molecule has 13 heteroatoms. The fourth-order valence-electron chi connectivity index (χ4n) is 3.51. The number of hydrogen-bond acceptors (Lipinski definition) is 7. The van der Waals surface area contributed by atoms with Crippen LogP contribution >= 0.6 is 11.6 Å². The van der Waals surface area contributed by atoms with Crippen LogP contribution in [-0.4, -0.2) is 59.1 Å². The average molecular weight is 494 g/mol. The van der Waals surface area contributed by atoms with Crippen LogP contribution in [0.1, 0.15) is 10.4 Å². The maximum absolute atomic E-state index is 13.0. The third-order valence-corrected chi connectivity index (χ3v) is 7.71. The number of morpholine rings is 1. The normalized spacial score (nSPS) is 15.0. The molecule has 3 aromatic rings. The number of carbonyl (C=O) groups is 1. The number of aryl methyl sites for hydroxylation is 1. The Kier molecular flexibility index (Phi) is 6.10. The summed E-state index contributed by atoms with van der Waals surface area (Å²) in [5.74, 6) is -0.618. The zero-order valence-corrected chi connectivity index (χ0v) is 19.3. The molecule has 0 spiro atoms. The van der Waals surface area contributed by atoms with E-state index in [1.54, 1.807) is 0 Å². The zero-order valence-electron chi connectivity index (χ0n) is 17.7. The van der Waals surface area contributed by atoms with Gasteiger partial charge in [-0.15, -0.1) is 0 Å². The molecule has 3 heterocycles. The van der Waals surface area contributed by atoms with Crippen molar-refractivity contribution in [3.05, 3.63) is 61.9 Å². The molecule has 0 unspecified atom stereocenters. The maximum Gasteiger partial charge on any atom is 0.332 e. The first-order valence-corrected chi connectivity index (χ1v) is 11.7. The number of amides is 1. The predicted molar refractivity (Wildman–Crippen MR) is 121 cm³/mol. The number of nitrogens with zero attached hydrogens (tertiary/aromatic N) is 4. The van der Waals surface area contributed by atoms with Crippen molar-refractivity contribution in [3.8, 4) is 0 Å². The van der Waals surface area contributed by atoms with Gasteiger partial charge in [0.1, 0.15) is 10.5 Å². The minimum absolute atomic E-state index is 0.00479. The second-order valence-corrected chi connectivity index (χ2v) is 9.73. The SMILES string of the molecule is Cn1c(=O)c2cc(NC(=O)c3ccc(Cl)c(S(=O)(=O)N4CCOCC4)c3)cnc2n(C)c1=O. The van der Waals surface area contributed by atoms with Crippen LogP contribution in [0.5, 0.6) is 0 Å². The predicted octanol–water partition coefficient (Wildman–Crippen LogP) is 0.559.